The lowest BCUT2D eigenvalue weighted by Crippen LogP contribution is -2.56. The van der Waals surface area contributed by atoms with Gasteiger partial charge in [-0.2, -0.15) is 0 Å². The molecule has 1 saturated heterocycles. The number of aromatic nitrogens is 1. The third-order valence-corrected chi connectivity index (χ3v) is 5.00. The van der Waals surface area contributed by atoms with E-state index in [1.54, 1.807) is 23.4 Å². The Balaban J connectivity index is 1.39. The molecule has 0 saturated carbocycles. The standard InChI is InChI=1S/C20H21FN4O2/c1-14-13-24(18-5-7-22-12-17(18)21)8-9-25(14)20(26)23-11-15-3-2-4-19-16(15)6-10-27-19/h2-7,10,12,14H,8-9,11,13H2,1H3,(H,23,26)/t14-/m1/s1. The van der Waals surface area contributed by atoms with Gasteiger partial charge in [0, 0.05) is 43.8 Å². The van der Waals surface area contributed by atoms with E-state index in [1.807, 2.05) is 36.1 Å². The third-order valence-electron chi connectivity index (χ3n) is 5.00. The maximum Gasteiger partial charge on any atom is 0.318 e. The molecule has 7 heteroatoms. The molecule has 0 aliphatic carbocycles. The zero-order chi connectivity index (χ0) is 18.8. The Morgan fingerprint density at radius 1 is 1.33 bits per heavy atom. The number of benzene rings is 1. The van der Waals surface area contributed by atoms with Gasteiger partial charge in [-0.15, -0.1) is 0 Å². The number of amides is 2. The Bertz CT molecular complexity index is 958. The van der Waals surface area contributed by atoms with Crippen LogP contribution in [-0.2, 0) is 6.54 Å². The van der Waals surface area contributed by atoms with Crippen LogP contribution in [0, 0.1) is 5.82 Å². The van der Waals surface area contributed by atoms with Gasteiger partial charge in [-0.1, -0.05) is 12.1 Å². The van der Waals surface area contributed by atoms with Crippen molar-refractivity contribution in [1.82, 2.24) is 15.2 Å². The summed E-state index contributed by atoms with van der Waals surface area (Å²) in [5.41, 5.74) is 2.35. The largest absolute Gasteiger partial charge is 0.464 e. The maximum absolute atomic E-state index is 14.0. The molecule has 2 amide bonds. The molecule has 0 radical (unpaired) electrons. The van der Waals surface area contributed by atoms with Crippen molar-refractivity contribution >= 4 is 22.7 Å². The molecule has 6 nitrogen and oxygen atoms in total. The first-order valence-electron chi connectivity index (χ1n) is 8.97. The van der Waals surface area contributed by atoms with Crippen LogP contribution in [0.1, 0.15) is 12.5 Å². The number of anilines is 1. The predicted molar refractivity (Wildman–Crippen MR) is 101 cm³/mol. The van der Waals surface area contributed by atoms with Gasteiger partial charge in [-0.3, -0.25) is 4.98 Å². The van der Waals surface area contributed by atoms with E-state index < -0.39 is 0 Å². The summed E-state index contributed by atoms with van der Waals surface area (Å²) in [5, 5.41) is 3.99. The second kappa shape index (κ2) is 7.26. The number of urea groups is 1. The molecular weight excluding hydrogens is 347 g/mol. The zero-order valence-electron chi connectivity index (χ0n) is 15.1. The van der Waals surface area contributed by atoms with Crippen molar-refractivity contribution in [2.24, 2.45) is 0 Å². The van der Waals surface area contributed by atoms with Crippen molar-refractivity contribution in [3.05, 3.63) is 60.4 Å². The lowest BCUT2D eigenvalue weighted by Gasteiger charge is -2.40. The molecule has 1 fully saturated rings. The van der Waals surface area contributed by atoms with E-state index in [9.17, 15) is 9.18 Å². The fraction of sp³-hybridized carbons (Fsp3) is 0.300. The number of fused-ring (bicyclic) bond motifs is 1. The Hall–Kier alpha value is -3.09. The molecule has 0 bridgehead atoms. The fourth-order valence-corrected chi connectivity index (χ4v) is 3.59. The van der Waals surface area contributed by atoms with Crippen LogP contribution >= 0.6 is 0 Å². The molecule has 3 heterocycles. The quantitative estimate of drug-likeness (QED) is 0.770. The topological polar surface area (TPSA) is 61.6 Å². The Labute approximate surface area is 156 Å². The van der Waals surface area contributed by atoms with Crippen LogP contribution in [-0.4, -0.2) is 41.6 Å². The number of nitrogens with one attached hydrogen (secondary N) is 1. The van der Waals surface area contributed by atoms with Crippen LogP contribution in [0.3, 0.4) is 0 Å². The molecule has 1 N–H and O–H groups in total. The fourth-order valence-electron chi connectivity index (χ4n) is 3.59. The van der Waals surface area contributed by atoms with Crippen LogP contribution in [0.5, 0.6) is 0 Å². The summed E-state index contributed by atoms with van der Waals surface area (Å²) in [4.78, 5) is 20.2. The summed E-state index contributed by atoms with van der Waals surface area (Å²) in [7, 11) is 0. The van der Waals surface area contributed by atoms with Gasteiger partial charge in [0.15, 0.2) is 5.82 Å². The number of furan rings is 1. The van der Waals surface area contributed by atoms with Crippen molar-refractivity contribution in [3.8, 4) is 0 Å². The zero-order valence-corrected chi connectivity index (χ0v) is 15.1. The Morgan fingerprint density at radius 2 is 2.22 bits per heavy atom. The van der Waals surface area contributed by atoms with Crippen molar-refractivity contribution in [2.75, 3.05) is 24.5 Å². The summed E-state index contributed by atoms with van der Waals surface area (Å²) in [6, 6.07) is 9.23. The first-order valence-corrected chi connectivity index (χ1v) is 8.97. The van der Waals surface area contributed by atoms with Crippen LogP contribution < -0.4 is 10.2 Å². The van der Waals surface area contributed by atoms with Crippen LogP contribution in [0.2, 0.25) is 0 Å². The normalized spacial score (nSPS) is 17.3. The Morgan fingerprint density at radius 3 is 3.04 bits per heavy atom. The minimum absolute atomic E-state index is 0.0315. The molecule has 4 rings (SSSR count). The molecule has 0 spiro atoms. The van der Waals surface area contributed by atoms with E-state index in [-0.39, 0.29) is 17.9 Å². The van der Waals surface area contributed by atoms with Crippen molar-refractivity contribution in [1.29, 1.82) is 0 Å². The summed E-state index contributed by atoms with van der Waals surface area (Å²) < 4.78 is 19.4. The third kappa shape index (κ3) is 3.45. The highest BCUT2D eigenvalue weighted by atomic mass is 19.1. The van der Waals surface area contributed by atoms with Crippen LogP contribution in [0.15, 0.2) is 53.4 Å². The lowest BCUT2D eigenvalue weighted by molar-refractivity contribution is 0.171. The van der Waals surface area contributed by atoms with Crippen LogP contribution in [0.4, 0.5) is 14.9 Å². The molecule has 2 aromatic heterocycles. The molecule has 3 aromatic rings. The van der Waals surface area contributed by atoms with E-state index in [1.165, 1.54) is 6.20 Å². The molecule has 1 aromatic carbocycles. The molecule has 1 aliphatic rings. The van der Waals surface area contributed by atoms with Gasteiger partial charge in [0.2, 0.25) is 0 Å². The molecular formula is C20H21FN4O2. The smallest absolute Gasteiger partial charge is 0.318 e. The number of carbonyl (C=O) groups is 1. The highest BCUT2D eigenvalue weighted by Gasteiger charge is 2.28. The van der Waals surface area contributed by atoms with E-state index in [2.05, 4.69) is 10.3 Å². The number of halogens is 1. The van der Waals surface area contributed by atoms with Gasteiger partial charge < -0.3 is 19.5 Å². The highest BCUT2D eigenvalue weighted by molar-refractivity contribution is 5.82. The molecule has 1 aliphatic heterocycles. The van der Waals surface area contributed by atoms with Gasteiger partial charge in [0.05, 0.1) is 18.1 Å². The van der Waals surface area contributed by atoms with Crippen LogP contribution in [0.25, 0.3) is 11.0 Å². The number of piperazine rings is 1. The summed E-state index contributed by atoms with van der Waals surface area (Å²) in [6.45, 7) is 4.09. The minimum atomic E-state index is -0.337. The summed E-state index contributed by atoms with van der Waals surface area (Å²) in [6.07, 6.45) is 4.45. The van der Waals surface area contributed by atoms with E-state index >= 15 is 0 Å². The molecule has 140 valence electrons. The number of hydrogen-bond donors (Lipinski definition) is 1. The van der Waals surface area contributed by atoms with Crippen molar-refractivity contribution < 1.29 is 13.6 Å². The second-order valence-electron chi connectivity index (χ2n) is 6.72. The maximum atomic E-state index is 14.0. The predicted octanol–water partition coefficient (Wildman–Crippen LogP) is 3.39. The molecule has 1 atom stereocenters. The van der Waals surface area contributed by atoms with Gasteiger partial charge >= 0.3 is 6.03 Å². The lowest BCUT2D eigenvalue weighted by atomic mass is 10.1. The summed E-state index contributed by atoms with van der Waals surface area (Å²) >= 11 is 0. The minimum Gasteiger partial charge on any atom is -0.464 e. The number of carbonyl (C=O) groups excluding carboxylic acids is 1. The molecule has 27 heavy (non-hydrogen) atoms. The van der Waals surface area contributed by atoms with E-state index in [0.29, 0.717) is 31.9 Å². The number of nitrogens with zero attached hydrogens (tertiary/aromatic N) is 3. The van der Waals surface area contributed by atoms with Gasteiger partial charge in [0.1, 0.15) is 5.58 Å². The number of pyridine rings is 1. The van der Waals surface area contributed by atoms with Gasteiger partial charge in [-0.05, 0) is 30.7 Å². The molecule has 0 unspecified atom stereocenters. The monoisotopic (exact) mass is 368 g/mol. The highest BCUT2D eigenvalue weighted by Crippen LogP contribution is 2.22. The first-order chi connectivity index (χ1) is 13.1. The average Bonchev–Trinajstić information content (AvgIpc) is 3.16. The number of hydrogen-bond acceptors (Lipinski definition) is 4. The number of rotatable bonds is 3. The van der Waals surface area contributed by atoms with Gasteiger partial charge in [-0.25, -0.2) is 9.18 Å². The van der Waals surface area contributed by atoms with E-state index in [4.69, 9.17) is 4.42 Å². The van der Waals surface area contributed by atoms with Crippen molar-refractivity contribution in [2.45, 2.75) is 19.5 Å². The SMILES string of the molecule is C[C@@H]1CN(c2ccncc2F)CCN1C(=O)NCc1cccc2occc12. The van der Waals surface area contributed by atoms with Crippen molar-refractivity contribution in [3.63, 3.8) is 0 Å². The second-order valence-corrected chi connectivity index (χ2v) is 6.72. The van der Waals surface area contributed by atoms with Gasteiger partial charge in [0.25, 0.3) is 0 Å². The Kier molecular flexibility index (Phi) is 4.66. The first kappa shape index (κ1) is 17.3. The van der Waals surface area contributed by atoms with E-state index in [0.717, 1.165) is 16.5 Å². The summed E-state index contributed by atoms with van der Waals surface area (Å²) in [5.74, 6) is -0.337. The average molecular weight is 368 g/mol.